The Kier molecular flexibility index (Phi) is 4.52. The number of halogens is 3. The third-order valence-corrected chi connectivity index (χ3v) is 3.22. The van der Waals surface area contributed by atoms with Gasteiger partial charge in [0.2, 0.25) is 5.60 Å². The van der Waals surface area contributed by atoms with Crippen molar-refractivity contribution in [2.75, 3.05) is 38.3 Å². The molecule has 2 heterocycles. The molecule has 0 saturated carbocycles. The zero-order valence-corrected chi connectivity index (χ0v) is 11.6. The molecule has 10 heteroatoms. The molecule has 1 aromatic heterocycles. The second-order valence-corrected chi connectivity index (χ2v) is 4.78. The van der Waals surface area contributed by atoms with E-state index in [4.69, 9.17) is 9.47 Å². The first-order chi connectivity index (χ1) is 10.3. The Morgan fingerprint density at radius 3 is 2.73 bits per heavy atom. The van der Waals surface area contributed by atoms with E-state index >= 15 is 0 Å². The number of hydrogen-bond acceptors (Lipinski definition) is 6. The summed E-state index contributed by atoms with van der Waals surface area (Å²) in [6.07, 6.45) is -4.57. The molecule has 1 atom stereocenters. The molecule has 122 valence electrons. The van der Waals surface area contributed by atoms with Crippen molar-refractivity contribution in [3.63, 3.8) is 0 Å². The number of nitrogens with zero attached hydrogens (tertiary/aromatic N) is 3. The summed E-state index contributed by atoms with van der Waals surface area (Å²) in [4.78, 5) is 12.9. The van der Waals surface area contributed by atoms with Gasteiger partial charge in [0.05, 0.1) is 19.8 Å². The first-order valence-electron chi connectivity index (χ1n) is 6.31. The summed E-state index contributed by atoms with van der Waals surface area (Å²) < 4.78 is 47.6. The van der Waals surface area contributed by atoms with Crippen molar-refractivity contribution in [3.8, 4) is 0 Å². The minimum Gasteiger partial charge on any atom is -0.479 e. The molecule has 0 radical (unpaired) electrons. The minimum atomic E-state index is -4.57. The maximum Gasteiger partial charge on any atom is 0.435 e. The summed E-state index contributed by atoms with van der Waals surface area (Å²) in [5.41, 5.74) is -2.69. The maximum absolute atomic E-state index is 12.5. The predicted octanol–water partition coefficient (Wildman–Crippen LogP) is 0.802. The van der Waals surface area contributed by atoms with E-state index in [1.54, 1.807) is 0 Å². The van der Waals surface area contributed by atoms with Gasteiger partial charge in [-0.1, -0.05) is 0 Å². The first-order valence-corrected chi connectivity index (χ1v) is 6.31. The number of carbonyl (C=O) groups is 1. The number of anilines is 1. The molecular weight excluding hydrogens is 307 g/mol. The number of ether oxygens (including phenoxy) is 2. The van der Waals surface area contributed by atoms with Gasteiger partial charge < -0.3 is 19.5 Å². The summed E-state index contributed by atoms with van der Waals surface area (Å²) in [6.45, 7) is 0.0836. The van der Waals surface area contributed by atoms with Gasteiger partial charge in [0.15, 0.2) is 11.5 Å². The van der Waals surface area contributed by atoms with Crippen molar-refractivity contribution in [1.82, 2.24) is 10.2 Å². The molecule has 1 unspecified atom stereocenters. The van der Waals surface area contributed by atoms with Crippen LogP contribution in [0.1, 0.15) is 5.69 Å². The molecule has 1 aliphatic heterocycles. The molecule has 0 amide bonds. The summed E-state index contributed by atoms with van der Waals surface area (Å²) in [5, 5.41) is 16.0. The molecule has 22 heavy (non-hydrogen) atoms. The number of rotatable bonds is 4. The highest BCUT2D eigenvalue weighted by Gasteiger charge is 2.45. The van der Waals surface area contributed by atoms with Crippen LogP contribution in [0.3, 0.4) is 0 Å². The van der Waals surface area contributed by atoms with Gasteiger partial charge in [0, 0.05) is 13.7 Å². The fourth-order valence-corrected chi connectivity index (χ4v) is 2.14. The van der Waals surface area contributed by atoms with Gasteiger partial charge >= 0.3 is 12.1 Å². The van der Waals surface area contributed by atoms with Crippen LogP contribution in [0, 0.1) is 0 Å². The van der Waals surface area contributed by atoms with E-state index in [-0.39, 0.29) is 25.6 Å². The average Bonchev–Trinajstić information content (AvgIpc) is 2.47. The number of hydrogen-bond donors (Lipinski definition) is 1. The van der Waals surface area contributed by atoms with Crippen LogP contribution in [0.4, 0.5) is 19.0 Å². The van der Waals surface area contributed by atoms with E-state index in [9.17, 15) is 23.1 Å². The smallest absolute Gasteiger partial charge is 0.435 e. The van der Waals surface area contributed by atoms with Crippen LogP contribution < -0.4 is 4.90 Å². The lowest BCUT2D eigenvalue weighted by Gasteiger charge is -2.39. The Labute approximate surface area is 123 Å². The lowest BCUT2D eigenvalue weighted by molar-refractivity contribution is -0.175. The normalized spacial score (nSPS) is 22.6. The van der Waals surface area contributed by atoms with Crippen molar-refractivity contribution in [2.24, 2.45) is 0 Å². The van der Waals surface area contributed by atoms with Gasteiger partial charge in [-0.2, -0.15) is 13.2 Å². The number of morpholine rings is 1. The van der Waals surface area contributed by atoms with E-state index in [1.807, 2.05) is 0 Å². The van der Waals surface area contributed by atoms with E-state index in [1.165, 1.54) is 12.0 Å². The molecule has 1 saturated heterocycles. The van der Waals surface area contributed by atoms with Gasteiger partial charge in [0.25, 0.3) is 0 Å². The SMILES string of the molecule is COCC1(C(=O)O)CN(c2ccc(C(F)(F)F)nn2)CCO1. The lowest BCUT2D eigenvalue weighted by Crippen LogP contribution is -2.59. The molecular formula is C12H14F3N3O4. The molecule has 0 aliphatic carbocycles. The lowest BCUT2D eigenvalue weighted by atomic mass is 10.0. The number of aromatic nitrogens is 2. The number of carboxylic acids is 1. The summed E-state index contributed by atoms with van der Waals surface area (Å²) >= 11 is 0. The zero-order chi connectivity index (χ0) is 16.4. The molecule has 0 spiro atoms. The molecule has 1 fully saturated rings. The van der Waals surface area contributed by atoms with Crippen LogP contribution in [0.25, 0.3) is 0 Å². The number of carboxylic acid groups (broad SMARTS) is 1. The molecule has 2 rings (SSSR count). The predicted molar refractivity (Wildman–Crippen MR) is 67.4 cm³/mol. The molecule has 1 aromatic rings. The summed E-state index contributed by atoms with van der Waals surface area (Å²) in [7, 11) is 1.34. The quantitative estimate of drug-likeness (QED) is 0.878. The summed E-state index contributed by atoms with van der Waals surface area (Å²) in [5.74, 6) is -1.06. The summed E-state index contributed by atoms with van der Waals surface area (Å²) in [6, 6.07) is 1.96. The van der Waals surface area contributed by atoms with Crippen molar-refractivity contribution in [1.29, 1.82) is 0 Å². The molecule has 1 N–H and O–H groups in total. The van der Waals surface area contributed by atoms with Gasteiger partial charge in [-0.15, -0.1) is 10.2 Å². The van der Waals surface area contributed by atoms with Crippen molar-refractivity contribution in [2.45, 2.75) is 11.8 Å². The van der Waals surface area contributed by atoms with Crippen molar-refractivity contribution >= 4 is 11.8 Å². The topological polar surface area (TPSA) is 84.8 Å². The Hall–Kier alpha value is -1.94. The van der Waals surface area contributed by atoms with Gasteiger partial charge in [-0.05, 0) is 12.1 Å². The number of alkyl halides is 3. The van der Waals surface area contributed by atoms with Crippen LogP contribution >= 0.6 is 0 Å². The van der Waals surface area contributed by atoms with Gasteiger partial charge in [-0.3, -0.25) is 0 Å². The third-order valence-electron chi connectivity index (χ3n) is 3.22. The van der Waals surface area contributed by atoms with Gasteiger partial charge in [-0.25, -0.2) is 4.79 Å². The molecule has 7 nitrogen and oxygen atoms in total. The highest BCUT2D eigenvalue weighted by Crippen LogP contribution is 2.28. The highest BCUT2D eigenvalue weighted by molar-refractivity contribution is 5.79. The fraction of sp³-hybridized carbons (Fsp3) is 0.583. The molecule has 0 bridgehead atoms. The van der Waals surface area contributed by atoms with Crippen LogP contribution in [-0.2, 0) is 20.4 Å². The largest absolute Gasteiger partial charge is 0.479 e. The number of methoxy groups -OCH3 is 1. The highest BCUT2D eigenvalue weighted by atomic mass is 19.4. The second-order valence-electron chi connectivity index (χ2n) is 4.78. The van der Waals surface area contributed by atoms with E-state index in [2.05, 4.69) is 10.2 Å². The van der Waals surface area contributed by atoms with Crippen LogP contribution in [0.5, 0.6) is 0 Å². The minimum absolute atomic E-state index is 0.0817. The first kappa shape index (κ1) is 16.4. The van der Waals surface area contributed by atoms with Crippen LogP contribution in [-0.4, -0.2) is 60.3 Å². The van der Waals surface area contributed by atoms with Crippen molar-refractivity contribution in [3.05, 3.63) is 17.8 Å². The average molecular weight is 321 g/mol. The molecule has 1 aliphatic rings. The number of aliphatic carboxylic acids is 1. The van der Waals surface area contributed by atoms with Crippen LogP contribution in [0.15, 0.2) is 12.1 Å². The van der Waals surface area contributed by atoms with Crippen molar-refractivity contribution < 1.29 is 32.5 Å². The van der Waals surface area contributed by atoms with E-state index in [0.717, 1.165) is 12.1 Å². The Morgan fingerprint density at radius 2 is 2.23 bits per heavy atom. The monoisotopic (exact) mass is 321 g/mol. The van der Waals surface area contributed by atoms with E-state index < -0.39 is 23.4 Å². The Bertz CT molecular complexity index is 533. The Balaban J connectivity index is 2.20. The van der Waals surface area contributed by atoms with E-state index in [0.29, 0.717) is 6.54 Å². The molecule has 0 aromatic carbocycles. The Morgan fingerprint density at radius 1 is 1.50 bits per heavy atom. The standard InChI is InChI=1S/C12H14F3N3O4/c1-21-7-11(10(19)20)6-18(4-5-22-11)9-3-2-8(16-17-9)12(13,14)15/h2-3H,4-7H2,1H3,(H,19,20). The third kappa shape index (κ3) is 3.28. The zero-order valence-electron chi connectivity index (χ0n) is 11.6. The van der Waals surface area contributed by atoms with Crippen LogP contribution in [0.2, 0.25) is 0 Å². The maximum atomic E-state index is 12.5. The van der Waals surface area contributed by atoms with Gasteiger partial charge in [0.1, 0.15) is 0 Å². The second kappa shape index (κ2) is 6.05. The fourth-order valence-electron chi connectivity index (χ4n) is 2.14.